The molecule has 0 atom stereocenters. The highest BCUT2D eigenvalue weighted by atomic mass is 16.3. The van der Waals surface area contributed by atoms with E-state index in [0.717, 1.165) is 5.76 Å². The van der Waals surface area contributed by atoms with E-state index in [2.05, 4.69) is 5.32 Å². The third-order valence-corrected chi connectivity index (χ3v) is 2.02. The molecule has 0 bridgehead atoms. The molecular weight excluding hydrogens is 194 g/mol. The van der Waals surface area contributed by atoms with E-state index in [1.165, 1.54) is 12.5 Å². The van der Waals surface area contributed by atoms with Crippen LogP contribution in [-0.2, 0) is 6.42 Å². The molecule has 2 rings (SSSR count). The second kappa shape index (κ2) is 4.50. The summed E-state index contributed by atoms with van der Waals surface area (Å²) in [6, 6.07) is 5.33. The van der Waals surface area contributed by atoms with Gasteiger partial charge >= 0.3 is 0 Å². The van der Waals surface area contributed by atoms with E-state index >= 15 is 0 Å². The van der Waals surface area contributed by atoms with Crippen molar-refractivity contribution in [1.29, 1.82) is 0 Å². The third-order valence-electron chi connectivity index (χ3n) is 2.02. The summed E-state index contributed by atoms with van der Waals surface area (Å²) in [5, 5.41) is 2.76. The average Bonchev–Trinajstić information content (AvgIpc) is 2.90. The molecule has 4 heteroatoms. The molecule has 0 aromatic carbocycles. The molecule has 0 saturated carbocycles. The van der Waals surface area contributed by atoms with Crippen LogP contribution < -0.4 is 5.32 Å². The molecule has 0 aliphatic carbocycles. The van der Waals surface area contributed by atoms with Gasteiger partial charge in [0, 0.05) is 13.0 Å². The van der Waals surface area contributed by atoms with Crippen molar-refractivity contribution < 1.29 is 13.6 Å². The lowest BCUT2D eigenvalue weighted by atomic mass is 10.3. The van der Waals surface area contributed by atoms with Gasteiger partial charge in [0.1, 0.15) is 12.0 Å². The first-order valence-corrected chi connectivity index (χ1v) is 4.69. The number of furan rings is 2. The molecule has 78 valence electrons. The molecule has 2 aromatic rings. The second-order valence-electron chi connectivity index (χ2n) is 3.10. The summed E-state index contributed by atoms with van der Waals surface area (Å²) < 4.78 is 9.94. The van der Waals surface area contributed by atoms with Gasteiger partial charge in [-0.3, -0.25) is 4.79 Å². The van der Waals surface area contributed by atoms with Crippen molar-refractivity contribution in [2.24, 2.45) is 0 Å². The molecule has 1 N–H and O–H groups in total. The van der Waals surface area contributed by atoms with Gasteiger partial charge in [0.2, 0.25) is 0 Å². The van der Waals surface area contributed by atoms with Gasteiger partial charge in [-0.2, -0.15) is 0 Å². The van der Waals surface area contributed by atoms with Crippen LogP contribution in [0.1, 0.15) is 16.1 Å². The first kappa shape index (κ1) is 9.58. The van der Waals surface area contributed by atoms with Crippen LogP contribution in [0, 0.1) is 0 Å². The van der Waals surface area contributed by atoms with Crippen molar-refractivity contribution in [3.8, 4) is 0 Å². The minimum absolute atomic E-state index is 0.129. The maximum absolute atomic E-state index is 11.4. The van der Waals surface area contributed by atoms with Crippen LogP contribution in [0.25, 0.3) is 0 Å². The summed E-state index contributed by atoms with van der Waals surface area (Å²) in [5.74, 6) is 0.734. The van der Waals surface area contributed by atoms with Gasteiger partial charge < -0.3 is 14.2 Å². The smallest absolute Gasteiger partial charge is 0.254 e. The highest BCUT2D eigenvalue weighted by molar-refractivity contribution is 5.93. The summed E-state index contributed by atoms with van der Waals surface area (Å²) in [7, 11) is 0. The van der Waals surface area contributed by atoms with Crippen LogP contribution in [0.15, 0.2) is 45.8 Å². The highest BCUT2D eigenvalue weighted by Crippen LogP contribution is 2.01. The largest absolute Gasteiger partial charge is 0.472 e. The standard InChI is InChI=1S/C11H11NO3/c13-11(9-4-7-14-8-9)12-5-3-10-2-1-6-15-10/h1-2,4,6-8H,3,5H2,(H,12,13). The Morgan fingerprint density at radius 3 is 2.93 bits per heavy atom. The fourth-order valence-electron chi connectivity index (χ4n) is 1.25. The van der Waals surface area contributed by atoms with Crippen molar-refractivity contribution in [1.82, 2.24) is 5.32 Å². The van der Waals surface area contributed by atoms with Crippen molar-refractivity contribution in [2.75, 3.05) is 6.54 Å². The van der Waals surface area contributed by atoms with Crippen molar-refractivity contribution in [3.05, 3.63) is 48.3 Å². The van der Waals surface area contributed by atoms with Crippen LogP contribution in [0.3, 0.4) is 0 Å². The molecule has 0 unspecified atom stereocenters. The molecule has 0 spiro atoms. The lowest BCUT2D eigenvalue weighted by Crippen LogP contribution is -2.25. The molecular formula is C11H11NO3. The lowest BCUT2D eigenvalue weighted by molar-refractivity contribution is 0.0953. The fourth-order valence-corrected chi connectivity index (χ4v) is 1.25. The number of nitrogens with one attached hydrogen (secondary N) is 1. The van der Waals surface area contributed by atoms with Gasteiger partial charge in [-0.05, 0) is 18.2 Å². The minimum atomic E-state index is -0.129. The summed E-state index contributed by atoms with van der Waals surface area (Å²) in [6.45, 7) is 0.553. The Labute approximate surface area is 86.9 Å². The molecule has 0 saturated heterocycles. The molecule has 0 fully saturated rings. The molecule has 2 heterocycles. The molecule has 0 aliphatic rings. The lowest BCUT2D eigenvalue weighted by Gasteiger charge is -2.00. The molecule has 0 radical (unpaired) electrons. The van der Waals surface area contributed by atoms with Crippen molar-refractivity contribution in [2.45, 2.75) is 6.42 Å². The Kier molecular flexibility index (Phi) is 2.88. The predicted molar refractivity (Wildman–Crippen MR) is 53.5 cm³/mol. The fraction of sp³-hybridized carbons (Fsp3) is 0.182. The second-order valence-corrected chi connectivity index (χ2v) is 3.10. The third kappa shape index (κ3) is 2.49. The number of carbonyl (C=O) groups is 1. The van der Waals surface area contributed by atoms with E-state index < -0.39 is 0 Å². The van der Waals surface area contributed by atoms with Gasteiger partial charge in [-0.15, -0.1) is 0 Å². The van der Waals surface area contributed by atoms with Gasteiger partial charge in [0.25, 0.3) is 5.91 Å². The van der Waals surface area contributed by atoms with Crippen molar-refractivity contribution in [3.63, 3.8) is 0 Å². The van der Waals surface area contributed by atoms with E-state index in [1.54, 1.807) is 12.3 Å². The van der Waals surface area contributed by atoms with Crippen LogP contribution in [-0.4, -0.2) is 12.5 Å². The molecule has 15 heavy (non-hydrogen) atoms. The topological polar surface area (TPSA) is 55.4 Å². The quantitative estimate of drug-likeness (QED) is 0.828. The Balaban J connectivity index is 1.77. The predicted octanol–water partition coefficient (Wildman–Crippen LogP) is 1.85. The van der Waals surface area contributed by atoms with Gasteiger partial charge in [0.15, 0.2) is 0 Å². The number of rotatable bonds is 4. The van der Waals surface area contributed by atoms with Crippen LogP contribution in [0.2, 0.25) is 0 Å². The highest BCUT2D eigenvalue weighted by Gasteiger charge is 2.05. The number of hydrogen-bond donors (Lipinski definition) is 1. The van der Waals surface area contributed by atoms with E-state index in [1.807, 2.05) is 12.1 Å². The normalized spacial score (nSPS) is 10.1. The Morgan fingerprint density at radius 2 is 2.27 bits per heavy atom. The molecule has 2 aromatic heterocycles. The molecule has 1 amide bonds. The van der Waals surface area contributed by atoms with Crippen molar-refractivity contribution >= 4 is 5.91 Å². The maximum atomic E-state index is 11.4. The van der Waals surface area contributed by atoms with E-state index in [-0.39, 0.29) is 5.91 Å². The first-order chi connectivity index (χ1) is 7.36. The summed E-state index contributed by atoms with van der Waals surface area (Å²) in [6.07, 6.45) is 5.20. The van der Waals surface area contributed by atoms with Crippen LogP contribution >= 0.6 is 0 Å². The maximum Gasteiger partial charge on any atom is 0.254 e. The Hall–Kier alpha value is -1.97. The van der Waals surface area contributed by atoms with E-state index in [0.29, 0.717) is 18.5 Å². The van der Waals surface area contributed by atoms with Gasteiger partial charge in [0.05, 0.1) is 18.1 Å². The molecule has 4 nitrogen and oxygen atoms in total. The number of carbonyl (C=O) groups excluding carboxylic acids is 1. The monoisotopic (exact) mass is 205 g/mol. The SMILES string of the molecule is O=C(NCCc1ccco1)c1ccoc1. The van der Waals surface area contributed by atoms with E-state index in [9.17, 15) is 4.79 Å². The van der Waals surface area contributed by atoms with Gasteiger partial charge in [-0.25, -0.2) is 0 Å². The Morgan fingerprint density at radius 1 is 1.33 bits per heavy atom. The minimum Gasteiger partial charge on any atom is -0.472 e. The zero-order valence-corrected chi connectivity index (χ0v) is 8.10. The summed E-state index contributed by atoms with van der Waals surface area (Å²) in [4.78, 5) is 11.4. The molecule has 0 aliphatic heterocycles. The van der Waals surface area contributed by atoms with Crippen LogP contribution in [0.5, 0.6) is 0 Å². The summed E-state index contributed by atoms with van der Waals surface area (Å²) in [5.41, 5.74) is 0.537. The number of hydrogen-bond acceptors (Lipinski definition) is 3. The van der Waals surface area contributed by atoms with E-state index in [4.69, 9.17) is 8.83 Å². The zero-order chi connectivity index (χ0) is 10.5. The van der Waals surface area contributed by atoms with Gasteiger partial charge in [-0.1, -0.05) is 0 Å². The summed E-state index contributed by atoms with van der Waals surface area (Å²) >= 11 is 0. The first-order valence-electron chi connectivity index (χ1n) is 4.69. The van der Waals surface area contributed by atoms with Crippen LogP contribution in [0.4, 0.5) is 0 Å². The Bertz CT molecular complexity index is 403. The zero-order valence-electron chi connectivity index (χ0n) is 8.10. The number of amides is 1. The average molecular weight is 205 g/mol.